The molecule has 7 heterocycles. The number of nitrogens with one attached hydrogen (secondary N) is 1. The predicted octanol–water partition coefficient (Wildman–Crippen LogP) is 16.9. The van der Waals surface area contributed by atoms with Crippen LogP contribution in [0.2, 0.25) is 0 Å². The van der Waals surface area contributed by atoms with Crippen molar-refractivity contribution in [2.45, 2.75) is 218 Å². The summed E-state index contributed by atoms with van der Waals surface area (Å²) in [4.78, 5) is 54.8. The van der Waals surface area contributed by atoms with Gasteiger partial charge in [0, 0.05) is 146 Å². The molecule has 1 amide bonds. The Balaban J connectivity index is 0.00000582. The van der Waals surface area contributed by atoms with Crippen LogP contribution in [0, 0.1) is 13.8 Å². The predicted molar refractivity (Wildman–Crippen MR) is 443 cm³/mol. The second-order valence-corrected chi connectivity index (χ2v) is 36.3. The van der Waals surface area contributed by atoms with Crippen LogP contribution in [0.15, 0.2) is 166 Å². The molecule has 5 atom stereocenters. The van der Waals surface area contributed by atoms with Crippen molar-refractivity contribution >= 4 is 110 Å². The molecular formula is C91H102N7NaO9S3Zn. The molecular weight excluding hydrogens is 1520 g/mol. The molecule has 0 saturated carbocycles. The maximum absolute atomic E-state index is 14.6. The van der Waals surface area contributed by atoms with E-state index in [9.17, 15) is 35.5 Å². The van der Waals surface area contributed by atoms with E-state index in [4.69, 9.17) is 24.7 Å². The fourth-order valence-corrected chi connectivity index (χ4v) is 20.6. The molecule has 16 nitrogen and oxygen atoms in total. The zero-order valence-corrected chi connectivity index (χ0v) is 74.5. The van der Waals surface area contributed by atoms with Crippen molar-refractivity contribution < 1.29 is 93.9 Å². The minimum Gasteiger partial charge on any atom is -0.748 e. The van der Waals surface area contributed by atoms with Crippen LogP contribution in [-0.4, -0.2) is 89.1 Å². The summed E-state index contributed by atoms with van der Waals surface area (Å²) in [5.41, 5.74) is 19.7. The number of unbranched alkanes of at least 4 members (excludes halogenated alkanes) is 5. The van der Waals surface area contributed by atoms with Crippen molar-refractivity contribution in [2.75, 3.05) is 41.4 Å². The van der Waals surface area contributed by atoms with Crippen molar-refractivity contribution in [1.29, 1.82) is 0 Å². The van der Waals surface area contributed by atoms with Gasteiger partial charge in [-0.25, -0.2) is 16.8 Å². The van der Waals surface area contributed by atoms with E-state index in [0.29, 0.717) is 55.7 Å². The molecule has 0 fully saturated rings. The monoisotopic (exact) mass is 1620 g/mol. The number of aromatic nitrogens is 4. The summed E-state index contributed by atoms with van der Waals surface area (Å²) in [7, 11) is -8.78. The zero-order chi connectivity index (χ0) is 77.7. The number of rotatable bonds is 27. The van der Waals surface area contributed by atoms with Gasteiger partial charge in [0.25, 0.3) is 0 Å². The van der Waals surface area contributed by atoms with Gasteiger partial charge in [-0.2, -0.15) is 4.58 Å². The molecule has 6 aliphatic rings. The number of benzene rings is 5. The number of carbonyl (C=O) groups excluding carboxylic acids is 2. The first-order valence-electron chi connectivity index (χ1n) is 39.7. The van der Waals surface area contributed by atoms with Gasteiger partial charge in [0.05, 0.1) is 31.8 Å². The minimum atomic E-state index is -4.39. The molecule has 576 valence electrons. The Kier molecular flexibility index (Phi) is 26.3. The SMILES string of the molecule is CCCCCCOC(C)c1c(C)c2cc3nc(c4c5[n-]c(cc6nc(cc1[n-]2)C(C)C6CC)c(C)c5C(=O)C4)C(CCC(=O)Nc1ccc(SC2=C(/C=C/C4=[N+](CCCCS(=O)(=O)[O-])c5ccc6ccccc6c5C4(C)C)CCC/C2=C\C=C2\N(CCCCS(=O)(=O)[O-])c4ccc5ccccc5c4C2(C)C)cc1)C3C.[Na+].[Zn+2]. The number of anilines is 2. The largest absolute Gasteiger partial charge is 2.00 e. The number of carbonyl (C=O) groups is 2. The Bertz CT molecular complexity index is 5580. The topological polar surface area (TPSA) is 230 Å². The minimum absolute atomic E-state index is 0. The molecule has 21 heteroatoms. The third kappa shape index (κ3) is 17.3. The van der Waals surface area contributed by atoms with Crippen molar-refractivity contribution in [3.8, 4) is 0 Å². The quantitative estimate of drug-likeness (QED) is 0.0218. The van der Waals surface area contributed by atoms with Gasteiger partial charge >= 0.3 is 49.0 Å². The van der Waals surface area contributed by atoms with E-state index in [0.717, 1.165) is 172 Å². The number of amides is 1. The first-order chi connectivity index (χ1) is 52.6. The summed E-state index contributed by atoms with van der Waals surface area (Å²) in [6.07, 6.45) is 18.9. The summed E-state index contributed by atoms with van der Waals surface area (Å²) >= 11 is 1.69. The van der Waals surface area contributed by atoms with Crippen LogP contribution in [0.25, 0.3) is 43.6 Å². The maximum Gasteiger partial charge on any atom is 2.00 e. The number of Topliss-reactive ketones (excluding diaryl/α,β-unsaturated/α-hetero) is 1. The molecule has 4 aliphatic heterocycles. The van der Waals surface area contributed by atoms with Crippen molar-refractivity contribution in [2.24, 2.45) is 0 Å². The molecule has 8 aromatic rings. The number of fused-ring (bicyclic) bond motifs is 14. The van der Waals surface area contributed by atoms with E-state index in [1.54, 1.807) is 11.8 Å². The van der Waals surface area contributed by atoms with Gasteiger partial charge in [-0.1, -0.05) is 169 Å². The van der Waals surface area contributed by atoms with Gasteiger partial charge < -0.3 is 34.0 Å². The van der Waals surface area contributed by atoms with Gasteiger partial charge in [-0.3, -0.25) is 19.6 Å². The summed E-state index contributed by atoms with van der Waals surface area (Å²) < 4.78 is 80.1. The molecule has 0 radical (unpaired) electrons. The fraction of sp³-hybridized carbons (Fsp3) is 0.418. The van der Waals surface area contributed by atoms with Crippen molar-refractivity contribution in [3.05, 3.63) is 223 Å². The molecule has 8 bridgehead atoms. The van der Waals surface area contributed by atoms with E-state index in [-0.39, 0.29) is 116 Å². The molecule has 5 aromatic carbocycles. The Hall–Kier alpha value is -6.94. The van der Waals surface area contributed by atoms with Gasteiger partial charge in [0.15, 0.2) is 11.5 Å². The molecule has 0 saturated heterocycles. The normalized spacial score (nSPS) is 19.5. The van der Waals surface area contributed by atoms with E-state index < -0.39 is 42.6 Å². The summed E-state index contributed by atoms with van der Waals surface area (Å²) in [5.74, 6) is -1.02. The Morgan fingerprint density at radius 1 is 0.732 bits per heavy atom. The molecule has 112 heavy (non-hydrogen) atoms. The van der Waals surface area contributed by atoms with E-state index in [1.807, 2.05) is 31.2 Å². The second-order valence-electron chi connectivity index (χ2n) is 32.2. The number of aryl methyl sites for hydroxylation is 2. The summed E-state index contributed by atoms with van der Waals surface area (Å²) in [5, 5.41) is 7.81. The number of nitrogens with zero attached hydrogens (tertiary/aromatic N) is 6. The zero-order valence-electron chi connectivity index (χ0n) is 67.1. The third-order valence-electron chi connectivity index (χ3n) is 24.2. The molecule has 2 aliphatic carbocycles. The first kappa shape index (κ1) is 84.5. The number of hydrogen-bond acceptors (Lipinski definition) is 13. The van der Waals surface area contributed by atoms with Crippen LogP contribution in [0.1, 0.15) is 248 Å². The Morgan fingerprint density at radius 3 is 2.09 bits per heavy atom. The molecule has 14 rings (SSSR count). The summed E-state index contributed by atoms with van der Waals surface area (Å²) in [6, 6.07) is 39.9. The Morgan fingerprint density at radius 2 is 1.38 bits per heavy atom. The van der Waals surface area contributed by atoms with Crippen molar-refractivity contribution in [3.63, 3.8) is 0 Å². The Labute approximate surface area is 700 Å². The van der Waals surface area contributed by atoms with Crippen LogP contribution in [0.5, 0.6) is 0 Å². The van der Waals surface area contributed by atoms with Gasteiger partial charge in [0.2, 0.25) is 11.6 Å². The van der Waals surface area contributed by atoms with Crippen LogP contribution < -0.4 is 49.7 Å². The summed E-state index contributed by atoms with van der Waals surface area (Å²) in [6.45, 7) is 25.8. The van der Waals surface area contributed by atoms with Crippen LogP contribution in [0.3, 0.4) is 0 Å². The van der Waals surface area contributed by atoms with Crippen LogP contribution in [-0.2, 0) is 66.5 Å². The number of hydrogen-bond donors (Lipinski definition) is 1. The van der Waals surface area contributed by atoms with Crippen molar-refractivity contribution in [1.82, 2.24) is 19.9 Å². The van der Waals surface area contributed by atoms with E-state index in [1.165, 1.54) is 17.5 Å². The number of ketones is 1. The molecule has 5 unspecified atom stereocenters. The van der Waals surface area contributed by atoms with Crippen LogP contribution >= 0.6 is 11.8 Å². The standard InChI is InChI=1S/C91H105N7O9S3.Na.Zn/c1-12-14-15-22-48-107-59(7)83-57(5)73-52-72-56(4)67(87(95-72)70-51-79(99)84-58(6)74(96-88(70)84)53-75-66(13-2)55(3)71(93-75)54-76(83)94-73)40-45-82(100)92-64-36-38-65(39-37-64)108-89-62(34-43-80-90(8,9)85-68-30-18-16-26-60(68)32-41-77(85)97(80)46-20-23-49-109(101,102)103)28-25-29-63(89)35-44-81-91(10,11)86-69-31-19-17-27-61(69)33-42-78(86)98(81)47-21-24-50-110(104,105)106;;/h16-19,26-27,30-39,41-44,52-56,59,66-67H,12-15,20-25,28-29,40,45-51H2,1-11H3,(H4-,92,93,94,95,96,99,100,101,102,103,104,105,106);;/q;+1;+2/p-3. The smallest absolute Gasteiger partial charge is 0.748 e. The fourth-order valence-electron chi connectivity index (χ4n) is 18.3. The van der Waals surface area contributed by atoms with Gasteiger partial charge in [-0.05, 0) is 184 Å². The average Bonchev–Trinajstić information content (AvgIpc) is 1.58. The third-order valence-corrected chi connectivity index (χ3v) is 27.0. The number of allylic oxidation sites excluding steroid dienone is 7. The molecule has 0 spiro atoms. The van der Waals surface area contributed by atoms with Gasteiger partial charge in [-0.15, -0.1) is 22.1 Å². The molecule has 3 aromatic heterocycles. The number of ether oxygens (including phenoxy) is 1. The van der Waals surface area contributed by atoms with E-state index in [2.05, 4.69) is 199 Å². The number of thioether (sulfide) groups is 1. The first-order valence-corrected chi connectivity index (χ1v) is 43.6. The average molecular weight is 1620 g/mol. The van der Waals surface area contributed by atoms with E-state index >= 15 is 0 Å². The van der Waals surface area contributed by atoms with Gasteiger partial charge in [0.1, 0.15) is 6.54 Å². The maximum atomic E-state index is 14.6. The second kappa shape index (κ2) is 34.9. The van der Waals surface area contributed by atoms with Crippen LogP contribution in [0.4, 0.5) is 17.1 Å². The molecule has 1 N–H and O–H groups in total.